The predicted octanol–water partition coefficient (Wildman–Crippen LogP) is 2.91. The molecular formula is C19H40IN5. The number of aliphatic imine (C=N–C) groups is 1. The summed E-state index contributed by atoms with van der Waals surface area (Å²) in [5.41, 5.74) is 0. The Kier molecular flexibility index (Phi) is 12.9. The van der Waals surface area contributed by atoms with Crippen molar-refractivity contribution in [1.29, 1.82) is 0 Å². The van der Waals surface area contributed by atoms with Crippen LogP contribution in [0.25, 0.3) is 0 Å². The summed E-state index contributed by atoms with van der Waals surface area (Å²) in [6.45, 7) is 10.6. The number of hydrogen-bond donors (Lipinski definition) is 2. The Morgan fingerprint density at radius 3 is 2.36 bits per heavy atom. The van der Waals surface area contributed by atoms with Crippen molar-refractivity contribution >= 4 is 29.9 Å². The first-order valence-corrected chi connectivity index (χ1v) is 10.2. The van der Waals surface area contributed by atoms with Gasteiger partial charge in [-0.25, -0.2) is 0 Å². The molecule has 0 amide bonds. The zero-order valence-corrected chi connectivity index (χ0v) is 18.8. The molecule has 2 saturated heterocycles. The minimum atomic E-state index is 0. The summed E-state index contributed by atoms with van der Waals surface area (Å²) in [4.78, 5) is 9.56. The van der Waals surface area contributed by atoms with Gasteiger partial charge >= 0.3 is 0 Å². The molecule has 5 nitrogen and oxygen atoms in total. The van der Waals surface area contributed by atoms with Crippen molar-refractivity contribution in [3.8, 4) is 0 Å². The Labute approximate surface area is 172 Å². The van der Waals surface area contributed by atoms with Crippen LogP contribution in [0.3, 0.4) is 0 Å². The van der Waals surface area contributed by atoms with Gasteiger partial charge in [-0.05, 0) is 71.6 Å². The van der Waals surface area contributed by atoms with Gasteiger partial charge in [-0.3, -0.25) is 4.99 Å². The lowest BCUT2D eigenvalue weighted by atomic mass is 10.0. The van der Waals surface area contributed by atoms with Crippen LogP contribution in [0.2, 0.25) is 0 Å². The molecule has 0 radical (unpaired) electrons. The van der Waals surface area contributed by atoms with Crippen molar-refractivity contribution < 1.29 is 0 Å². The van der Waals surface area contributed by atoms with E-state index in [4.69, 9.17) is 0 Å². The van der Waals surface area contributed by atoms with E-state index in [0.29, 0.717) is 0 Å². The van der Waals surface area contributed by atoms with Crippen LogP contribution in [0.5, 0.6) is 0 Å². The molecule has 25 heavy (non-hydrogen) atoms. The first kappa shape index (κ1) is 23.0. The van der Waals surface area contributed by atoms with E-state index in [1.807, 2.05) is 7.05 Å². The minimum Gasteiger partial charge on any atom is -0.356 e. The first-order chi connectivity index (χ1) is 11.8. The number of guanidine groups is 1. The largest absolute Gasteiger partial charge is 0.356 e. The Morgan fingerprint density at radius 1 is 0.920 bits per heavy atom. The monoisotopic (exact) mass is 465 g/mol. The van der Waals surface area contributed by atoms with Gasteiger partial charge in [0.15, 0.2) is 5.96 Å². The standard InChI is InChI=1S/C19H39N5.HI/c1-18-10-4-8-15-24(18)16-9-5-11-21-19(20-2)22-12-17-23-13-6-3-7-14-23;/h18H,3-17H2,1-2H3,(H2,20,21,22);1H. The summed E-state index contributed by atoms with van der Waals surface area (Å²) < 4.78 is 0. The van der Waals surface area contributed by atoms with E-state index in [0.717, 1.165) is 31.6 Å². The number of likely N-dealkylation sites (tertiary alicyclic amines) is 2. The number of rotatable bonds is 8. The highest BCUT2D eigenvalue weighted by Crippen LogP contribution is 2.16. The smallest absolute Gasteiger partial charge is 0.191 e. The average Bonchev–Trinajstić information content (AvgIpc) is 2.62. The van der Waals surface area contributed by atoms with Crippen molar-refractivity contribution in [1.82, 2.24) is 20.4 Å². The SMILES string of the molecule is CN=C(NCCCCN1CCCCC1C)NCCN1CCCCC1.I. The quantitative estimate of drug-likeness (QED) is 0.251. The van der Waals surface area contributed by atoms with E-state index in [9.17, 15) is 0 Å². The maximum Gasteiger partial charge on any atom is 0.191 e. The van der Waals surface area contributed by atoms with Gasteiger partial charge in [0.25, 0.3) is 0 Å². The molecule has 0 bridgehead atoms. The van der Waals surface area contributed by atoms with Crippen LogP contribution in [0.4, 0.5) is 0 Å². The van der Waals surface area contributed by atoms with Crippen LogP contribution in [0.1, 0.15) is 58.3 Å². The Balaban J connectivity index is 0.00000312. The second-order valence-corrected chi connectivity index (χ2v) is 7.42. The van der Waals surface area contributed by atoms with Crippen LogP contribution >= 0.6 is 24.0 Å². The van der Waals surface area contributed by atoms with Crippen molar-refractivity contribution in [2.24, 2.45) is 4.99 Å². The lowest BCUT2D eigenvalue weighted by Crippen LogP contribution is -2.43. The molecular weight excluding hydrogens is 425 g/mol. The molecule has 0 aromatic heterocycles. The van der Waals surface area contributed by atoms with Crippen LogP contribution in [0.15, 0.2) is 4.99 Å². The molecule has 1 unspecified atom stereocenters. The molecule has 148 valence electrons. The molecule has 1 atom stereocenters. The molecule has 2 heterocycles. The van der Waals surface area contributed by atoms with E-state index in [-0.39, 0.29) is 24.0 Å². The summed E-state index contributed by atoms with van der Waals surface area (Å²) >= 11 is 0. The molecule has 2 N–H and O–H groups in total. The Morgan fingerprint density at radius 2 is 1.64 bits per heavy atom. The third-order valence-corrected chi connectivity index (χ3v) is 5.50. The van der Waals surface area contributed by atoms with Crippen LogP contribution in [-0.2, 0) is 0 Å². The second kappa shape index (κ2) is 14.0. The molecule has 6 heteroatoms. The van der Waals surface area contributed by atoms with E-state index >= 15 is 0 Å². The molecule has 2 aliphatic heterocycles. The summed E-state index contributed by atoms with van der Waals surface area (Å²) in [6, 6.07) is 0.788. The number of piperidine rings is 2. The van der Waals surface area contributed by atoms with Gasteiger partial charge in [0.1, 0.15) is 0 Å². The number of nitrogens with one attached hydrogen (secondary N) is 2. The molecule has 0 saturated carbocycles. The van der Waals surface area contributed by atoms with Crippen molar-refractivity contribution in [2.45, 2.75) is 64.3 Å². The topological polar surface area (TPSA) is 42.9 Å². The molecule has 2 fully saturated rings. The van der Waals surface area contributed by atoms with Gasteiger partial charge in [0.05, 0.1) is 0 Å². The molecule has 0 aromatic carbocycles. The molecule has 0 spiro atoms. The van der Waals surface area contributed by atoms with E-state index in [2.05, 4.69) is 32.3 Å². The lowest BCUT2D eigenvalue weighted by Gasteiger charge is -2.33. The lowest BCUT2D eigenvalue weighted by molar-refractivity contribution is 0.158. The molecule has 0 aromatic rings. The van der Waals surface area contributed by atoms with Gasteiger partial charge in [0, 0.05) is 32.7 Å². The fraction of sp³-hybridized carbons (Fsp3) is 0.947. The fourth-order valence-electron chi connectivity index (χ4n) is 3.87. The van der Waals surface area contributed by atoms with Gasteiger partial charge in [-0.15, -0.1) is 24.0 Å². The third kappa shape index (κ3) is 9.43. The highest BCUT2D eigenvalue weighted by atomic mass is 127. The third-order valence-electron chi connectivity index (χ3n) is 5.50. The van der Waals surface area contributed by atoms with Crippen molar-refractivity contribution in [3.63, 3.8) is 0 Å². The number of hydrogen-bond acceptors (Lipinski definition) is 3. The Hall–Kier alpha value is -0.0800. The number of halogens is 1. The minimum absolute atomic E-state index is 0. The maximum absolute atomic E-state index is 4.34. The summed E-state index contributed by atoms with van der Waals surface area (Å²) in [5, 5.41) is 6.91. The van der Waals surface area contributed by atoms with Gasteiger partial charge in [-0.2, -0.15) is 0 Å². The van der Waals surface area contributed by atoms with Gasteiger partial charge in [0.2, 0.25) is 0 Å². The normalized spacial score (nSPS) is 23.1. The van der Waals surface area contributed by atoms with E-state index in [1.54, 1.807) is 0 Å². The summed E-state index contributed by atoms with van der Waals surface area (Å²) in [7, 11) is 1.87. The summed E-state index contributed by atoms with van der Waals surface area (Å²) in [5.74, 6) is 0.957. The number of nitrogens with zero attached hydrogens (tertiary/aromatic N) is 3. The molecule has 0 aliphatic carbocycles. The van der Waals surface area contributed by atoms with Crippen LogP contribution in [0, 0.1) is 0 Å². The van der Waals surface area contributed by atoms with Crippen LogP contribution < -0.4 is 10.6 Å². The average molecular weight is 465 g/mol. The molecule has 2 rings (SSSR count). The van der Waals surface area contributed by atoms with Gasteiger partial charge < -0.3 is 20.4 Å². The number of unbranched alkanes of at least 4 members (excludes halogenated alkanes) is 1. The fourth-order valence-corrected chi connectivity index (χ4v) is 3.87. The van der Waals surface area contributed by atoms with Crippen molar-refractivity contribution in [3.05, 3.63) is 0 Å². The summed E-state index contributed by atoms with van der Waals surface area (Å²) in [6.07, 6.45) is 10.8. The van der Waals surface area contributed by atoms with Crippen LogP contribution in [-0.4, -0.2) is 74.7 Å². The van der Waals surface area contributed by atoms with E-state index < -0.39 is 0 Å². The highest BCUT2D eigenvalue weighted by molar-refractivity contribution is 14.0. The van der Waals surface area contributed by atoms with E-state index in [1.165, 1.54) is 77.5 Å². The van der Waals surface area contributed by atoms with Gasteiger partial charge in [-0.1, -0.05) is 12.8 Å². The predicted molar refractivity (Wildman–Crippen MR) is 119 cm³/mol. The first-order valence-electron chi connectivity index (χ1n) is 10.2. The Bertz CT molecular complexity index is 358. The van der Waals surface area contributed by atoms with Crippen molar-refractivity contribution in [2.75, 3.05) is 52.9 Å². The molecule has 2 aliphatic rings. The maximum atomic E-state index is 4.34. The zero-order valence-electron chi connectivity index (χ0n) is 16.4. The zero-order chi connectivity index (χ0) is 17.0. The highest BCUT2D eigenvalue weighted by Gasteiger charge is 2.17. The second-order valence-electron chi connectivity index (χ2n) is 7.42.